The molecular formula is C15H19ClF3NO. The maximum Gasteiger partial charge on any atom is 0.416 e. The monoisotopic (exact) mass is 321 g/mol. The number of benzene rings is 1. The fraction of sp³-hybridized carbons (Fsp3) is 0.533. The molecule has 1 unspecified atom stereocenters. The molecule has 1 aromatic carbocycles. The summed E-state index contributed by atoms with van der Waals surface area (Å²) in [5.41, 5.74) is 0.0985. The Balaban J connectivity index is 3.27. The number of nitrogens with one attached hydrogen (secondary N) is 1. The molecule has 1 rings (SSSR count). The topological polar surface area (TPSA) is 33.1 Å². The van der Waals surface area contributed by atoms with Crippen LogP contribution in [0.4, 0.5) is 13.2 Å². The number of hydrogen-bond donors (Lipinski definition) is 1. The van der Waals surface area contributed by atoms with Crippen molar-refractivity contribution in [2.45, 2.75) is 38.8 Å². The molecule has 0 bridgehead atoms. The third-order valence-electron chi connectivity index (χ3n) is 3.13. The Morgan fingerprint density at radius 3 is 2.57 bits per heavy atom. The van der Waals surface area contributed by atoms with Crippen molar-refractivity contribution in [2.24, 2.45) is 0 Å². The maximum absolute atomic E-state index is 13.2. The summed E-state index contributed by atoms with van der Waals surface area (Å²) in [7, 11) is 0. The van der Waals surface area contributed by atoms with Gasteiger partial charge in [-0.15, -0.1) is 11.6 Å². The molecule has 118 valence electrons. The number of ether oxygens (including phenoxy) is 1. The molecule has 6 heteroatoms. The van der Waals surface area contributed by atoms with Gasteiger partial charge in [0, 0.05) is 5.88 Å². The lowest BCUT2D eigenvalue weighted by atomic mass is 9.89. The van der Waals surface area contributed by atoms with Gasteiger partial charge in [-0.2, -0.15) is 13.2 Å². The molecule has 0 amide bonds. The normalized spacial score (nSPS) is 13.0. The van der Waals surface area contributed by atoms with Gasteiger partial charge in [0.05, 0.1) is 18.1 Å². The molecule has 0 aliphatic rings. The minimum Gasteiger partial charge on any atom is -0.481 e. The van der Waals surface area contributed by atoms with Crippen LogP contribution in [0.3, 0.4) is 0 Å². The molecule has 2 nitrogen and oxygen atoms in total. The highest BCUT2D eigenvalue weighted by atomic mass is 35.5. The number of hydrogen-bond acceptors (Lipinski definition) is 2. The largest absolute Gasteiger partial charge is 0.481 e. The van der Waals surface area contributed by atoms with Gasteiger partial charge in [-0.25, -0.2) is 0 Å². The van der Waals surface area contributed by atoms with Gasteiger partial charge in [-0.1, -0.05) is 17.7 Å². The predicted molar refractivity (Wildman–Crippen MR) is 78.2 cm³/mol. The second-order valence-electron chi connectivity index (χ2n) is 4.77. The fourth-order valence-electron chi connectivity index (χ4n) is 2.19. The summed E-state index contributed by atoms with van der Waals surface area (Å²) in [5, 5.41) is 7.90. The Morgan fingerprint density at radius 1 is 1.38 bits per heavy atom. The summed E-state index contributed by atoms with van der Waals surface area (Å²) in [6.07, 6.45) is -3.57. The van der Waals surface area contributed by atoms with Crippen LogP contribution in [0.25, 0.3) is 0 Å². The van der Waals surface area contributed by atoms with Crippen LogP contribution < -0.4 is 0 Å². The van der Waals surface area contributed by atoms with Crippen LogP contribution in [0.15, 0.2) is 18.2 Å². The highest BCUT2D eigenvalue weighted by molar-refractivity contribution is 6.17. The van der Waals surface area contributed by atoms with Gasteiger partial charge in [-0.3, -0.25) is 5.41 Å². The maximum atomic E-state index is 13.2. The third kappa shape index (κ3) is 4.92. The van der Waals surface area contributed by atoms with E-state index >= 15 is 0 Å². The first-order chi connectivity index (χ1) is 9.81. The Labute approximate surface area is 127 Å². The van der Waals surface area contributed by atoms with Crippen molar-refractivity contribution < 1.29 is 17.9 Å². The summed E-state index contributed by atoms with van der Waals surface area (Å²) >= 11 is 5.64. The first-order valence-electron chi connectivity index (χ1n) is 6.76. The zero-order valence-electron chi connectivity index (χ0n) is 12.1. The first-order valence-corrected chi connectivity index (χ1v) is 7.29. The molecular weight excluding hydrogens is 303 g/mol. The molecule has 0 saturated heterocycles. The van der Waals surface area contributed by atoms with E-state index in [1.165, 1.54) is 12.1 Å². The smallest absolute Gasteiger partial charge is 0.416 e. The first kappa shape index (κ1) is 17.8. The second kappa shape index (κ2) is 7.69. The van der Waals surface area contributed by atoms with Gasteiger partial charge >= 0.3 is 6.18 Å². The molecule has 0 saturated carbocycles. The van der Waals surface area contributed by atoms with Crippen molar-refractivity contribution in [3.05, 3.63) is 34.9 Å². The minimum absolute atomic E-state index is 0.0890. The van der Waals surface area contributed by atoms with Crippen LogP contribution >= 0.6 is 11.6 Å². The standard InChI is InChI=1S/C15H19ClF3NO/c1-3-21-14(20)11(5-4-8-16)12-9-10(2)6-7-13(12)15(17,18)19/h6-7,9,11,20H,3-5,8H2,1-2H3. The van der Waals surface area contributed by atoms with Crippen molar-refractivity contribution in [1.29, 1.82) is 5.41 Å². The van der Waals surface area contributed by atoms with Gasteiger partial charge in [0.25, 0.3) is 0 Å². The summed E-state index contributed by atoms with van der Waals surface area (Å²) in [6, 6.07) is 3.97. The lowest BCUT2D eigenvalue weighted by Gasteiger charge is -2.22. The SMILES string of the molecule is CCOC(=N)C(CCCCl)c1cc(C)ccc1C(F)(F)F. The molecule has 0 aliphatic heterocycles. The molecule has 0 spiro atoms. The number of halogens is 4. The summed E-state index contributed by atoms with van der Waals surface area (Å²) in [6.45, 7) is 3.68. The summed E-state index contributed by atoms with van der Waals surface area (Å²) < 4.78 is 44.7. The number of alkyl halides is 4. The van der Waals surface area contributed by atoms with E-state index in [1.54, 1.807) is 13.8 Å². The average molecular weight is 322 g/mol. The molecule has 0 fully saturated rings. The molecule has 1 atom stereocenters. The van der Waals surface area contributed by atoms with E-state index in [1.807, 2.05) is 0 Å². The summed E-state index contributed by atoms with van der Waals surface area (Å²) in [5.74, 6) is -0.526. The summed E-state index contributed by atoms with van der Waals surface area (Å²) in [4.78, 5) is 0. The number of rotatable bonds is 6. The lowest BCUT2D eigenvalue weighted by molar-refractivity contribution is -0.138. The average Bonchev–Trinajstić information content (AvgIpc) is 2.38. The van der Waals surface area contributed by atoms with E-state index in [2.05, 4.69) is 0 Å². The van der Waals surface area contributed by atoms with E-state index in [0.29, 0.717) is 18.7 Å². The second-order valence-corrected chi connectivity index (χ2v) is 5.15. The van der Waals surface area contributed by atoms with E-state index in [9.17, 15) is 13.2 Å². The quantitative estimate of drug-likeness (QED) is 0.440. The van der Waals surface area contributed by atoms with Crippen molar-refractivity contribution in [3.63, 3.8) is 0 Å². The molecule has 0 heterocycles. The third-order valence-corrected chi connectivity index (χ3v) is 3.40. The number of aryl methyl sites for hydroxylation is 1. The fourth-order valence-corrected chi connectivity index (χ4v) is 2.35. The molecule has 1 N–H and O–H groups in total. The van der Waals surface area contributed by atoms with E-state index in [0.717, 1.165) is 11.6 Å². The molecule has 1 aromatic rings. The lowest BCUT2D eigenvalue weighted by Crippen LogP contribution is -2.20. The van der Waals surface area contributed by atoms with Crippen molar-refractivity contribution >= 4 is 17.5 Å². The van der Waals surface area contributed by atoms with E-state index in [-0.39, 0.29) is 18.1 Å². The van der Waals surface area contributed by atoms with Gasteiger partial charge < -0.3 is 4.74 Å². The van der Waals surface area contributed by atoms with E-state index in [4.69, 9.17) is 21.7 Å². The Hall–Kier alpha value is -1.23. The van der Waals surface area contributed by atoms with Crippen LogP contribution in [0.2, 0.25) is 0 Å². The zero-order chi connectivity index (χ0) is 16.0. The van der Waals surface area contributed by atoms with E-state index < -0.39 is 17.7 Å². The predicted octanol–water partition coefficient (Wildman–Crippen LogP) is 5.13. The van der Waals surface area contributed by atoms with Crippen LogP contribution in [0.5, 0.6) is 0 Å². The molecule has 0 radical (unpaired) electrons. The van der Waals surface area contributed by atoms with Gasteiger partial charge in [0.15, 0.2) is 5.90 Å². The van der Waals surface area contributed by atoms with Crippen molar-refractivity contribution in [3.8, 4) is 0 Å². The van der Waals surface area contributed by atoms with Gasteiger partial charge in [0.2, 0.25) is 0 Å². The van der Waals surface area contributed by atoms with Crippen molar-refractivity contribution in [1.82, 2.24) is 0 Å². The van der Waals surface area contributed by atoms with Crippen molar-refractivity contribution in [2.75, 3.05) is 12.5 Å². The zero-order valence-corrected chi connectivity index (χ0v) is 12.8. The van der Waals surface area contributed by atoms with Gasteiger partial charge in [-0.05, 0) is 38.3 Å². The van der Waals surface area contributed by atoms with Crippen LogP contribution in [0, 0.1) is 12.3 Å². The minimum atomic E-state index is -4.45. The van der Waals surface area contributed by atoms with Crippen LogP contribution in [-0.2, 0) is 10.9 Å². The van der Waals surface area contributed by atoms with Crippen LogP contribution in [-0.4, -0.2) is 18.4 Å². The van der Waals surface area contributed by atoms with Crippen LogP contribution in [0.1, 0.15) is 42.4 Å². The Kier molecular flexibility index (Phi) is 6.52. The highest BCUT2D eigenvalue weighted by Crippen LogP contribution is 2.37. The Morgan fingerprint density at radius 2 is 2.05 bits per heavy atom. The highest BCUT2D eigenvalue weighted by Gasteiger charge is 2.36. The molecule has 0 aromatic heterocycles. The molecule has 0 aliphatic carbocycles. The molecule has 21 heavy (non-hydrogen) atoms. The Bertz CT molecular complexity index is 488. The van der Waals surface area contributed by atoms with Gasteiger partial charge in [0.1, 0.15) is 0 Å².